The lowest BCUT2D eigenvalue weighted by Gasteiger charge is -2.55. The molecule has 1 saturated heterocycles. The topological polar surface area (TPSA) is 66.5 Å². The van der Waals surface area contributed by atoms with Crippen molar-refractivity contribution in [3.05, 3.63) is 70.8 Å². The molecule has 5 nitrogen and oxygen atoms in total. The van der Waals surface area contributed by atoms with Gasteiger partial charge < -0.3 is 10.2 Å². The lowest BCUT2D eigenvalue weighted by molar-refractivity contribution is -0.146. The van der Waals surface area contributed by atoms with Gasteiger partial charge in [0.1, 0.15) is 0 Å². The minimum atomic E-state index is -0.127. The molecule has 1 heterocycles. The highest BCUT2D eigenvalue weighted by Crippen LogP contribution is 2.60. The molecule has 5 aliphatic rings. The van der Waals surface area contributed by atoms with Gasteiger partial charge in [0.25, 0.3) is 5.91 Å². The van der Waals surface area contributed by atoms with E-state index in [1.165, 1.54) is 19.3 Å². The lowest BCUT2D eigenvalue weighted by atomic mass is 9.49. The predicted molar refractivity (Wildman–Crippen MR) is 143 cm³/mol. The van der Waals surface area contributed by atoms with Crippen LogP contribution in [0.3, 0.4) is 0 Å². The Morgan fingerprint density at radius 2 is 1.35 bits per heavy atom. The third-order valence-electron chi connectivity index (χ3n) is 9.66. The van der Waals surface area contributed by atoms with E-state index in [1.54, 1.807) is 0 Å². The first-order chi connectivity index (χ1) is 17.9. The predicted octanol–water partition coefficient (Wildman–Crippen LogP) is 5.56. The Bertz CT molecular complexity index is 1140. The molecule has 7 rings (SSSR count). The van der Waals surface area contributed by atoms with Gasteiger partial charge >= 0.3 is 0 Å². The number of nitrogens with zero attached hydrogens (tertiary/aromatic N) is 1. The van der Waals surface area contributed by atoms with E-state index in [1.807, 2.05) is 60.4 Å². The molecule has 0 radical (unpaired) electrons. The summed E-state index contributed by atoms with van der Waals surface area (Å²) in [6, 6.07) is 15.4. The SMILES string of the molecule is Cc1ccc(C(=O)C2CCN(C(=O)c3ccc(CNC(=O)C45CC6CC(CC(C6)C4)C5)cc3)CC2)cc1. The van der Waals surface area contributed by atoms with E-state index >= 15 is 0 Å². The van der Waals surface area contributed by atoms with E-state index < -0.39 is 0 Å². The van der Waals surface area contributed by atoms with Gasteiger partial charge in [-0.3, -0.25) is 14.4 Å². The number of nitrogens with one attached hydrogen (secondary N) is 1. The van der Waals surface area contributed by atoms with E-state index in [0.29, 0.717) is 38.0 Å². The number of hydrogen-bond donors (Lipinski definition) is 1. The first kappa shape index (κ1) is 24.4. The van der Waals surface area contributed by atoms with Crippen LogP contribution in [0.25, 0.3) is 0 Å². The molecule has 2 aromatic rings. The molecular formula is C32H38N2O3. The van der Waals surface area contributed by atoms with Crippen molar-refractivity contribution in [1.82, 2.24) is 10.2 Å². The van der Waals surface area contributed by atoms with Crippen LogP contribution in [0.4, 0.5) is 0 Å². The van der Waals surface area contributed by atoms with Crippen LogP contribution >= 0.6 is 0 Å². The summed E-state index contributed by atoms with van der Waals surface area (Å²) in [6.07, 6.45) is 8.64. The molecule has 2 aromatic carbocycles. The average molecular weight is 499 g/mol. The molecule has 37 heavy (non-hydrogen) atoms. The molecule has 5 fully saturated rings. The fraction of sp³-hybridized carbons (Fsp3) is 0.531. The molecule has 4 aliphatic carbocycles. The normalized spacial score (nSPS) is 28.8. The minimum Gasteiger partial charge on any atom is -0.352 e. The fourth-order valence-corrected chi connectivity index (χ4v) is 8.00. The van der Waals surface area contributed by atoms with Crippen LogP contribution in [0.5, 0.6) is 0 Å². The largest absolute Gasteiger partial charge is 0.352 e. The van der Waals surface area contributed by atoms with Crippen LogP contribution in [0.15, 0.2) is 48.5 Å². The maximum Gasteiger partial charge on any atom is 0.253 e. The molecule has 0 aromatic heterocycles. The molecular weight excluding hydrogens is 460 g/mol. The van der Waals surface area contributed by atoms with E-state index in [0.717, 1.165) is 53.7 Å². The highest BCUT2D eigenvalue weighted by Gasteiger charge is 2.54. The quantitative estimate of drug-likeness (QED) is 0.530. The van der Waals surface area contributed by atoms with E-state index in [2.05, 4.69) is 5.32 Å². The third-order valence-corrected chi connectivity index (χ3v) is 9.66. The van der Waals surface area contributed by atoms with E-state index in [4.69, 9.17) is 0 Å². The van der Waals surface area contributed by atoms with Crippen LogP contribution < -0.4 is 5.32 Å². The number of hydrogen-bond acceptors (Lipinski definition) is 3. The van der Waals surface area contributed by atoms with Crippen LogP contribution in [-0.4, -0.2) is 35.6 Å². The summed E-state index contributed by atoms with van der Waals surface area (Å²) < 4.78 is 0. The summed E-state index contributed by atoms with van der Waals surface area (Å²) in [5, 5.41) is 3.23. The Hall–Kier alpha value is -2.95. The Kier molecular flexibility index (Phi) is 6.42. The van der Waals surface area contributed by atoms with Crippen molar-refractivity contribution < 1.29 is 14.4 Å². The average Bonchev–Trinajstić information content (AvgIpc) is 2.91. The Balaban J connectivity index is 1.00. The zero-order valence-electron chi connectivity index (χ0n) is 21.9. The third kappa shape index (κ3) is 4.85. The summed E-state index contributed by atoms with van der Waals surface area (Å²) in [5.41, 5.74) is 3.48. The first-order valence-electron chi connectivity index (χ1n) is 14.2. The molecule has 194 valence electrons. The van der Waals surface area contributed by atoms with Crippen molar-refractivity contribution in [2.24, 2.45) is 29.1 Å². The Morgan fingerprint density at radius 1 is 0.811 bits per heavy atom. The number of benzene rings is 2. The zero-order valence-corrected chi connectivity index (χ0v) is 21.9. The Labute approximate surface area is 220 Å². The van der Waals surface area contributed by atoms with Gasteiger partial charge in [0.2, 0.25) is 5.91 Å². The van der Waals surface area contributed by atoms with Crippen LogP contribution in [0.2, 0.25) is 0 Å². The minimum absolute atomic E-state index is 0.0189. The van der Waals surface area contributed by atoms with E-state index in [9.17, 15) is 14.4 Å². The van der Waals surface area contributed by atoms with Gasteiger partial charge in [-0.15, -0.1) is 0 Å². The number of likely N-dealkylation sites (tertiary alicyclic amines) is 1. The summed E-state index contributed by atoms with van der Waals surface area (Å²) in [6.45, 7) is 3.74. The molecule has 1 N–H and O–H groups in total. The fourth-order valence-electron chi connectivity index (χ4n) is 8.00. The van der Waals surface area contributed by atoms with Crippen LogP contribution in [0, 0.1) is 36.0 Å². The van der Waals surface area contributed by atoms with Crippen molar-refractivity contribution in [3.8, 4) is 0 Å². The van der Waals surface area contributed by atoms with E-state index in [-0.39, 0.29) is 28.9 Å². The summed E-state index contributed by atoms with van der Waals surface area (Å²) in [4.78, 5) is 41.0. The van der Waals surface area contributed by atoms with Crippen molar-refractivity contribution in [1.29, 1.82) is 0 Å². The summed E-state index contributed by atoms with van der Waals surface area (Å²) >= 11 is 0. The monoisotopic (exact) mass is 498 g/mol. The highest BCUT2D eigenvalue weighted by molar-refractivity contribution is 5.98. The van der Waals surface area contributed by atoms with Gasteiger partial charge in [0.15, 0.2) is 5.78 Å². The molecule has 5 heteroatoms. The smallest absolute Gasteiger partial charge is 0.253 e. The van der Waals surface area contributed by atoms with Crippen molar-refractivity contribution in [3.63, 3.8) is 0 Å². The van der Waals surface area contributed by atoms with Crippen LogP contribution in [0.1, 0.15) is 83.2 Å². The molecule has 1 aliphatic heterocycles. The highest BCUT2D eigenvalue weighted by atomic mass is 16.2. The van der Waals surface area contributed by atoms with Gasteiger partial charge in [0.05, 0.1) is 0 Å². The number of rotatable bonds is 6. The molecule has 4 bridgehead atoms. The number of Topliss-reactive ketones (excluding diaryl/α,β-unsaturated/α-hetero) is 1. The standard InChI is InChI=1S/C32H38N2O3/c1-21-2-6-26(7-3-21)29(35)27-10-12-34(13-11-27)30(36)28-8-4-22(5-9-28)20-33-31(37)32-17-23-14-24(18-32)16-25(15-23)19-32/h2-9,23-25,27H,10-20H2,1H3,(H,33,37). The molecule has 0 unspecified atom stereocenters. The van der Waals surface area contributed by atoms with Gasteiger partial charge in [0, 0.05) is 42.1 Å². The van der Waals surface area contributed by atoms with Gasteiger partial charge in [-0.2, -0.15) is 0 Å². The van der Waals surface area contributed by atoms with Crippen molar-refractivity contribution >= 4 is 17.6 Å². The lowest BCUT2D eigenvalue weighted by Crippen LogP contribution is -2.53. The number of aryl methyl sites for hydroxylation is 1. The summed E-state index contributed by atoms with van der Waals surface area (Å²) in [7, 11) is 0. The van der Waals surface area contributed by atoms with Crippen molar-refractivity contribution in [2.45, 2.75) is 64.8 Å². The first-order valence-corrected chi connectivity index (χ1v) is 14.2. The zero-order chi connectivity index (χ0) is 25.6. The van der Waals surface area contributed by atoms with Crippen LogP contribution in [-0.2, 0) is 11.3 Å². The van der Waals surface area contributed by atoms with Crippen molar-refractivity contribution in [2.75, 3.05) is 13.1 Å². The molecule has 0 spiro atoms. The Morgan fingerprint density at radius 3 is 1.92 bits per heavy atom. The number of ketones is 1. The van der Waals surface area contributed by atoms with Gasteiger partial charge in [-0.05, 0) is 93.7 Å². The van der Waals surface area contributed by atoms with Gasteiger partial charge in [-0.25, -0.2) is 0 Å². The second-order valence-corrected chi connectivity index (χ2v) is 12.4. The van der Waals surface area contributed by atoms with Gasteiger partial charge in [-0.1, -0.05) is 42.0 Å². The number of carbonyl (C=O) groups is 3. The second kappa shape index (κ2) is 9.74. The maximum atomic E-state index is 13.2. The molecule has 0 atom stereocenters. The number of carbonyl (C=O) groups excluding carboxylic acids is 3. The number of amides is 2. The molecule has 4 saturated carbocycles. The number of piperidine rings is 1. The molecule has 2 amide bonds. The maximum absolute atomic E-state index is 13.2. The second-order valence-electron chi connectivity index (χ2n) is 12.4. The summed E-state index contributed by atoms with van der Waals surface area (Å²) in [5.74, 6) is 2.70.